The molecule has 4 aromatic rings. The summed E-state index contributed by atoms with van der Waals surface area (Å²) in [4.78, 5) is 16.8. The summed E-state index contributed by atoms with van der Waals surface area (Å²) >= 11 is 0. The molecule has 1 aromatic carbocycles. The highest BCUT2D eigenvalue weighted by atomic mass is 16.5. The third-order valence-corrected chi connectivity index (χ3v) is 4.70. The number of amides is 1. The molecule has 3 aromatic heterocycles. The molecule has 0 saturated carbocycles. The fourth-order valence-corrected chi connectivity index (χ4v) is 3.04. The second kappa shape index (κ2) is 8.22. The van der Waals surface area contributed by atoms with Crippen LogP contribution in [-0.2, 0) is 19.4 Å². The molecule has 0 unspecified atom stereocenters. The van der Waals surface area contributed by atoms with Gasteiger partial charge in [0.1, 0.15) is 0 Å². The van der Waals surface area contributed by atoms with Gasteiger partial charge in [0.25, 0.3) is 11.8 Å². The SMILES string of the molecule is CCCc1noc(-c2ccn3c(CNC(=O)c4ccc(CC)cc4)nnc3c2)n1. The highest BCUT2D eigenvalue weighted by Crippen LogP contribution is 2.19. The predicted octanol–water partition coefficient (Wildman–Crippen LogP) is 3.22. The minimum atomic E-state index is -0.143. The third kappa shape index (κ3) is 4.01. The van der Waals surface area contributed by atoms with E-state index < -0.39 is 0 Å². The molecule has 0 radical (unpaired) electrons. The Balaban J connectivity index is 1.47. The lowest BCUT2D eigenvalue weighted by Crippen LogP contribution is -2.24. The molecular weight excluding hydrogens is 368 g/mol. The zero-order chi connectivity index (χ0) is 20.2. The number of hydrogen-bond acceptors (Lipinski definition) is 6. The molecule has 148 valence electrons. The van der Waals surface area contributed by atoms with E-state index in [0.717, 1.165) is 24.8 Å². The fourth-order valence-electron chi connectivity index (χ4n) is 3.04. The molecule has 1 amide bonds. The number of rotatable bonds is 7. The lowest BCUT2D eigenvalue weighted by Gasteiger charge is -2.05. The number of fused-ring (bicyclic) bond motifs is 1. The first-order valence-corrected chi connectivity index (χ1v) is 9.71. The van der Waals surface area contributed by atoms with Gasteiger partial charge in [0.2, 0.25) is 0 Å². The molecule has 0 spiro atoms. The van der Waals surface area contributed by atoms with Crippen LogP contribution in [0, 0.1) is 0 Å². The maximum Gasteiger partial charge on any atom is 0.258 e. The van der Waals surface area contributed by atoms with Crippen LogP contribution in [0.2, 0.25) is 0 Å². The Morgan fingerprint density at radius 2 is 1.97 bits per heavy atom. The highest BCUT2D eigenvalue weighted by Gasteiger charge is 2.13. The number of benzene rings is 1. The minimum Gasteiger partial charge on any atom is -0.345 e. The average Bonchev–Trinajstić information content (AvgIpc) is 3.39. The van der Waals surface area contributed by atoms with Crippen LogP contribution < -0.4 is 5.32 Å². The maximum atomic E-state index is 12.4. The number of hydrogen-bond donors (Lipinski definition) is 1. The Labute approximate surface area is 168 Å². The van der Waals surface area contributed by atoms with Crippen molar-refractivity contribution in [2.45, 2.75) is 39.7 Å². The Kier molecular flexibility index (Phi) is 5.33. The van der Waals surface area contributed by atoms with Gasteiger partial charge in [0.05, 0.1) is 6.54 Å². The van der Waals surface area contributed by atoms with E-state index >= 15 is 0 Å². The van der Waals surface area contributed by atoms with E-state index in [1.165, 1.54) is 5.56 Å². The van der Waals surface area contributed by atoms with Crippen molar-refractivity contribution in [3.05, 3.63) is 65.4 Å². The molecule has 0 aliphatic heterocycles. The Morgan fingerprint density at radius 3 is 2.72 bits per heavy atom. The molecule has 1 N–H and O–H groups in total. The molecule has 8 heteroatoms. The van der Waals surface area contributed by atoms with Crippen LogP contribution in [0.3, 0.4) is 0 Å². The first-order chi connectivity index (χ1) is 14.2. The summed E-state index contributed by atoms with van der Waals surface area (Å²) in [5, 5.41) is 15.3. The Morgan fingerprint density at radius 1 is 1.14 bits per heavy atom. The number of nitrogens with zero attached hydrogens (tertiary/aromatic N) is 5. The van der Waals surface area contributed by atoms with E-state index in [1.54, 1.807) is 0 Å². The summed E-state index contributed by atoms with van der Waals surface area (Å²) in [6.45, 7) is 4.42. The van der Waals surface area contributed by atoms with Gasteiger partial charge in [0.15, 0.2) is 17.3 Å². The zero-order valence-corrected chi connectivity index (χ0v) is 16.4. The molecule has 3 heterocycles. The van der Waals surface area contributed by atoms with Gasteiger partial charge < -0.3 is 9.84 Å². The average molecular weight is 390 g/mol. The number of pyridine rings is 1. The van der Waals surface area contributed by atoms with Crippen molar-refractivity contribution in [3.8, 4) is 11.5 Å². The van der Waals surface area contributed by atoms with Crippen LogP contribution >= 0.6 is 0 Å². The van der Waals surface area contributed by atoms with Crippen molar-refractivity contribution < 1.29 is 9.32 Å². The lowest BCUT2D eigenvalue weighted by molar-refractivity contribution is 0.0949. The molecule has 8 nitrogen and oxygen atoms in total. The second-order valence-corrected chi connectivity index (χ2v) is 6.76. The van der Waals surface area contributed by atoms with Crippen molar-refractivity contribution >= 4 is 11.6 Å². The second-order valence-electron chi connectivity index (χ2n) is 6.76. The molecule has 0 saturated heterocycles. The summed E-state index contributed by atoms with van der Waals surface area (Å²) in [5.41, 5.74) is 3.25. The van der Waals surface area contributed by atoms with Gasteiger partial charge in [-0.05, 0) is 42.7 Å². The predicted molar refractivity (Wildman–Crippen MR) is 107 cm³/mol. The third-order valence-electron chi connectivity index (χ3n) is 4.70. The van der Waals surface area contributed by atoms with Crippen molar-refractivity contribution in [1.29, 1.82) is 0 Å². The lowest BCUT2D eigenvalue weighted by atomic mass is 10.1. The van der Waals surface area contributed by atoms with Gasteiger partial charge in [-0.3, -0.25) is 9.20 Å². The highest BCUT2D eigenvalue weighted by molar-refractivity contribution is 5.94. The van der Waals surface area contributed by atoms with Crippen molar-refractivity contribution in [3.63, 3.8) is 0 Å². The topological polar surface area (TPSA) is 98.2 Å². The summed E-state index contributed by atoms with van der Waals surface area (Å²) in [5.74, 6) is 1.65. The smallest absolute Gasteiger partial charge is 0.258 e. The van der Waals surface area contributed by atoms with Crippen molar-refractivity contribution in [1.82, 2.24) is 30.1 Å². The fraction of sp³-hybridized carbons (Fsp3) is 0.286. The molecule has 29 heavy (non-hydrogen) atoms. The summed E-state index contributed by atoms with van der Waals surface area (Å²) < 4.78 is 7.15. The molecule has 0 bridgehead atoms. The van der Waals surface area contributed by atoms with E-state index in [9.17, 15) is 4.79 Å². The van der Waals surface area contributed by atoms with Crippen LogP contribution in [0.5, 0.6) is 0 Å². The van der Waals surface area contributed by atoms with Gasteiger partial charge in [-0.15, -0.1) is 10.2 Å². The van der Waals surface area contributed by atoms with Crippen LogP contribution in [0.1, 0.15) is 47.8 Å². The largest absolute Gasteiger partial charge is 0.345 e. The minimum absolute atomic E-state index is 0.143. The standard InChI is InChI=1S/C21H22N6O2/c1-3-5-17-23-21(29-26-17)16-10-11-27-18(12-16)24-25-19(27)13-22-20(28)15-8-6-14(4-2)7-9-15/h6-12H,3-5,13H2,1-2H3,(H,22,28). The van der Waals surface area contributed by atoms with Crippen LogP contribution in [0.4, 0.5) is 0 Å². The van der Waals surface area contributed by atoms with Gasteiger partial charge in [-0.2, -0.15) is 4.98 Å². The van der Waals surface area contributed by atoms with Crippen LogP contribution in [-0.4, -0.2) is 30.6 Å². The van der Waals surface area contributed by atoms with Gasteiger partial charge in [0, 0.05) is 23.7 Å². The van der Waals surface area contributed by atoms with Gasteiger partial charge in [-0.1, -0.05) is 31.1 Å². The van der Waals surface area contributed by atoms with E-state index in [2.05, 4.69) is 39.5 Å². The van der Waals surface area contributed by atoms with E-state index in [0.29, 0.717) is 28.8 Å². The molecule has 0 aliphatic rings. The first-order valence-electron chi connectivity index (χ1n) is 9.71. The summed E-state index contributed by atoms with van der Waals surface area (Å²) in [6, 6.07) is 11.3. The van der Waals surface area contributed by atoms with E-state index in [1.807, 2.05) is 47.0 Å². The number of carbonyl (C=O) groups excluding carboxylic acids is 1. The van der Waals surface area contributed by atoms with Crippen LogP contribution in [0.25, 0.3) is 17.1 Å². The molecular formula is C21H22N6O2. The van der Waals surface area contributed by atoms with E-state index in [4.69, 9.17) is 4.52 Å². The normalized spacial score (nSPS) is 11.1. The maximum absolute atomic E-state index is 12.4. The van der Waals surface area contributed by atoms with Gasteiger partial charge in [-0.25, -0.2) is 0 Å². The van der Waals surface area contributed by atoms with Crippen molar-refractivity contribution in [2.24, 2.45) is 0 Å². The Hall–Kier alpha value is -3.55. The molecule has 0 aliphatic carbocycles. The van der Waals surface area contributed by atoms with Gasteiger partial charge >= 0.3 is 0 Å². The number of carbonyl (C=O) groups is 1. The number of nitrogens with one attached hydrogen (secondary N) is 1. The summed E-state index contributed by atoms with van der Waals surface area (Å²) in [7, 11) is 0. The first kappa shape index (κ1) is 18.8. The molecule has 0 atom stereocenters. The van der Waals surface area contributed by atoms with Crippen molar-refractivity contribution in [2.75, 3.05) is 0 Å². The van der Waals surface area contributed by atoms with E-state index in [-0.39, 0.29) is 12.5 Å². The Bertz CT molecular complexity index is 1130. The monoisotopic (exact) mass is 390 g/mol. The summed E-state index contributed by atoms with van der Waals surface area (Å²) in [6.07, 6.45) is 4.52. The molecule has 4 rings (SSSR count). The number of aromatic nitrogens is 5. The number of aryl methyl sites for hydroxylation is 2. The zero-order valence-electron chi connectivity index (χ0n) is 16.4. The quantitative estimate of drug-likeness (QED) is 0.520. The molecule has 0 fully saturated rings. The van der Waals surface area contributed by atoms with Crippen LogP contribution in [0.15, 0.2) is 47.1 Å².